The Labute approximate surface area is 120 Å². The highest BCUT2D eigenvalue weighted by Crippen LogP contribution is 2.23. The van der Waals surface area contributed by atoms with Crippen LogP contribution < -0.4 is 5.32 Å². The van der Waals surface area contributed by atoms with Crippen LogP contribution in [0.25, 0.3) is 0 Å². The van der Waals surface area contributed by atoms with Crippen LogP contribution in [0.1, 0.15) is 25.5 Å². The average Bonchev–Trinajstić information content (AvgIpc) is 2.79. The molecule has 18 heavy (non-hydrogen) atoms. The van der Waals surface area contributed by atoms with Crippen molar-refractivity contribution in [1.82, 2.24) is 9.78 Å². The van der Waals surface area contributed by atoms with Gasteiger partial charge in [-0.25, -0.2) is 0 Å². The van der Waals surface area contributed by atoms with E-state index in [1.165, 1.54) is 0 Å². The van der Waals surface area contributed by atoms with Crippen LogP contribution in [0.4, 0.5) is 5.82 Å². The zero-order valence-corrected chi connectivity index (χ0v) is 12.7. The van der Waals surface area contributed by atoms with Crippen molar-refractivity contribution in [3.05, 3.63) is 45.5 Å². The fraction of sp³-hybridized carbons (Fsp3) is 0.308. The topological polar surface area (TPSA) is 29.9 Å². The molecule has 2 aromatic rings. The minimum Gasteiger partial charge on any atom is -0.365 e. The summed E-state index contributed by atoms with van der Waals surface area (Å²) in [5.74, 6) is 0.884. The minimum absolute atomic E-state index is 0.380. The van der Waals surface area contributed by atoms with Crippen molar-refractivity contribution >= 4 is 33.3 Å². The van der Waals surface area contributed by atoms with E-state index in [9.17, 15) is 0 Å². The summed E-state index contributed by atoms with van der Waals surface area (Å²) in [7, 11) is 0. The minimum atomic E-state index is 0.380. The van der Waals surface area contributed by atoms with Gasteiger partial charge in [0, 0.05) is 29.3 Å². The number of anilines is 1. The number of nitrogens with one attached hydrogen (secondary N) is 1. The van der Waals surface area contributed by atoms with Crippen LogP contribution in [0.3, 0.4) is 0 Å². The maximum absolute atomic E-state index is 5.95. The first-order chi connectivity index (χ1) is 8.56. The van der Waals surface area contributed by atoms with Gasteiger partial charge in [-0.2, -0.15) is 5.10 Å². The molecule has 0 fully saturated rings. The van der Waals surface area contributed by atoms with E-state index in [1.807, 2.05) is 35.1 Å². The van der Waals surface area contributed by atoms with E-state index in [0.717, 1.165) is 27.4 Å². The van der Waals surface area contributed by atoms with Gasteiger partial charge < -0.3 is 5.32 Å². The predicted molar refractivity (Wildman–Crippen MR) is 79.1 cm³/mol. The molecule has 2 rings (SSSR count). The van der Waals surface area contributed by atoms with E-state index in [-0.39, 0.29) is 0 Å². The van der Waals surface area contributed by atoms with E-state index >= 15 is 0 Å². The zero-order chi connectivity index (χ0) is 13.1. The van der Waals surface area contributed by atoms with Gasteiger partial charge in [0.2, 0.25) is 0 Å². The summed E-state index contributed by atoms with van der Waals surface area (Å²) >= 11 is 9.37. The second-order valence-electron chi connectivity index (χ2n) is 4.38. The van der Waals surface area contributed by atoms with E-state index in [4.69, 9.17) is 11.6 Å². The second-order valence-corrected chi connectivity index (χ2v) is 5.64. The van der Waals surface area contributed by atoms with E-state index in [1.54, 1.807) is 0 Å². The number of benzene rings is 1. The summed E-state index contributed by atoms with van der Waals surface area (Å²) in [4.78, 5) is 0. The first-order valence-corrected chi connectivity index (χ1v) is 6.96. The van der Waals surface area contributed by atoms with Crippen molar-refractivity contribution in [3.8, 4) is 0 Å². The fourth-order valence-corrected chi connectivity index (χ4v) is 2.11. The molecule has 0 radical (unpaired) electrons. The quantitative estimate of drug-likeness (QED) is 0.896. The number of nitrogens with zero attached hydrogens (tertiary/aromatic N) is 2. The van der Waals surface area contributed by atoms with E-state index in [2.05, 4.69) is 40.2 Å². The van der Waals surface area contributed by atoms with Gasteiger partial charge in [0.05, 0.1) is 5.02 Å². The van der Waals surface area contributed by atoms with E-state index in [0.29, 0.717) is 6.04 Å². The number of hydrogen-bond acceptors (Lipinski definition) is 2. The lowest BCUT2D eigenvalue weighted by molar-refractivity contribution is 0.534. The van der Waals surface area contributed by atoms with Crippen LogP contribution in [0.2, 0.25) is 5.02 Å². The number of rotatable bonds is 4. The Hall–Kier alpha value is -1.00. The third-order valence-corrected chi connectivity index (χ3v) is 3.81. The Bertz CT molecular complexity index is 537. The molecule has 0 amide bonds. The lowest BCUT2D eigenvalue weighted by Gasteiger charge is -2.06. The molecule has 0 aliphatic rings. The molecule has 5 heteroatoms. The third-order valence-electron chi connectivity index (χ3n) is 2.60. The maximum atomic E-state index is 5.95. The highest BCUT2D eigenvalue weighted by molar-refractivity contribution is 9.10. The summed E-state index contributed by atoms with van der Waals surface area (Å²) in [5.41, 5.74) is 1.16. The maximum Gasteiger partial charge on any atom is 0.148 e. The SMILES string of the molecule is CC(C)n1ccc(NCc2ccc(Cl)c(Br)c2)n1. The highest BCUT2D eigenvalue weighted by atomic mass is 79.9. The molecule has 0 saturated carbocycles. The molecular formula is C13H15BrClN3. The molecule has 0 aliphatic heterocycles. The van der Waals surface area contributed by atoms with Crippen molar-refractivity contribution in [2.45, 2.75) is 26.4 Å². The van der Waals surface area contributed by atoms with Crippen LogP contribution in [-0.4, -0.2) is 9.78 Å². The summed E-state index contributed by atoms with van der Waals surface area (Å²) in [6, 6.07) is 8.25. The lowest BCUT2D eigenvalue weighted by Crippen LogP contribution is -2.04. The number of hydrogen-bond donors (Lipinski definition) is 1. The normalized spacial score (nSPS) is 10.9. The average molecular weight is 329 g/mol. The zero-order valence-electron chi connectivity index (χ0n) is 10.3. The molecule has 1 heterocycles. The Kier molecular flexibility index (Phi) is 4.30. The summed E-state index contributed by atoms with van der Waals surface area (Å²) in [6.07, 6.45) is 1.98. The first-order valence-electron chi connectivity index (χ1n) is 5.79. The molecule has 0 aliphatic carbocycles. The summed E-state index contributed by atoms with van der Waals surface area (Å²) in [6.45, 7) is 4.94. The summed E-state index contributed by atoms with van der Waals surface area (Å²) < 4.78 is 2.84. The standard InChI is InChI=1S/C13H15BrClN3/c1-9(2)18-6-5-13(17-18)16-8-10-3-4-12(15)11(14)7-10/h3-7,9H,8H2,1-2H3,(H,16,17). The van der Waals surface area contributed by atoms with Gasteiger partial charge in [-0.1, -0.05) is 17.7 Å². The smallest absolute Gasteiger partial charge is 0.148 e. The Balaban J connectivity index is 2.00. The molecule has 1 N–H and O–H groups in total. The van der Waals surface area contributed by atoms with Crippen molar-refractivity contribution in [3.63, 3.8) is 0 Å². The molecule has 96 valence electrons. The van der Waals surface area contributed by atoms with Crippen molar-refractivity contribution in [2.75, 3.05) is 5.32 Å². The molecule has 1 aromatic carbocycles. The van der Waals surface area contributed by atoms with Gasteiger partial charge in [0.15, 0.2) is 0 Å². The molecule has 0 saturated heterocycles. The van der Waals surface area contributed by atoms with Gasteiger partial charge in [0.25, 0.3) is 0 Å². The van der Waals surface area contributed by atoms with Crippen LogP contribution in [0, 0.1) is 0 Å². The van der Waals surface area contributed by atoms with Crippen molar-refractivity contribution in [2.24, 2.45) is 0 Å². The molecule has 0 bridgehead atoms. The van der Waals surface area contributed by atoms with Gasteiger partial charge in [-0.3, -0.25) is 4.68 Å². The monoisotopic (exact) mass is 327 g/mol. The second kappa shape index (κ2) is 5.76. The highest BCUT2D eigenvalue weighted by Gasteiger charge is 2.03. The van der Waals surface area contributed by atoms with Crippen molar-refractivity contribution < 1.29 is 0 Å². The lowest BCUT2D eigenvalue weighted by atomic mass is 10.2. The van der Waals surface area contributed by atoms with Gasteiger partial charge in [0.1, 0.15) is 5.82 Å². The largest absolute Gasteiger partial charge is 0.365 e. The van der Waals surface area contributed by atoms with Crippen LogP contribution >= 0.6 is 27.5 Å². The molecular weight excluding hydrogens is 314 g/mol. The van der Waals surface area contributed by atoms with Crippen molar-refractivity contribution in [1.29, 1.82) is 0 Å². The van der Waals surface area contributed by atoms with Gasteiger partial charge in [-0.05, 0) is 47.5 Å². The first kappa shape index (κ1) is 13.4. The van der Waals surface area contributed by atoms with E-state index < -0.39 is 0 Å². The molecule has 0 spiro atoms. The molecule has 3 nitrogen and oxygen atoms in total. The van der Waals surface area contributed by atoms with Gasteiger partial charge >= 0.3 is 0 Å². The fourth-order valence-electron chi connectivity index (χ4n) is 1.56. The molecule has 0 unspecified atom stereocenters. The number of halogens is 2. The van der Waals surface area contributed by atoms with Crippen LogP contribution in [-0.2, 0) is 6.54 Å². The molecule has 1 aromatic heterocycles. The number of aromatic nitrogens is 2. The predicted octanol–water partition coefficient (Wildman–Crippen LogP) is 4.49. The Morgan fingerprint density at radius 3 is 2.78 bits per heavy atom. The van der Waals surface area contributed by atoms with Crippen LogP contribution in [0.15, 0.2) is 34.9 Å². The molecule has 0 atom stereocenters. The van der Waals surface area contributed by atoms with Gasteiger partial charge in [-0.15, -0.1) is 0 Å². The summed E-state index contributed by atoms with van der Waals surface area (Å²) in [5, 5.41) is 8.44. The van der Waals surface area contributed by atoms with Crippen LogP contribution in [0.5, 0.6) is 0 Å². The Morgan fingerprint density at radius 2 is 2.17 bits per heavy atom. The Morgan fingerprint density at radius 1 is 1.39 bits per heavy atom. The third kappa shape index (κ3) is 3.27.